The van der Waals surface area contributed by atoms with Gasteiger partial charge in [-0.3, -0.25) is 14.5 Å². The fourth-order valence-electron chi connectivity index (χ4n) is 7.67. The molecule has 0 spiro atoms. The van der Waals surface area contributed by atoms with Crippen LogP contribution in [0.4, 0.5) is 0 Å². The molecule has 2 saturated heterocycles. The molecular weight excluding hydrogens is 478 g/mol. The monoisotopic (exact) mass is 521 g/mol. The molecule has 6 heteroatoms. The maximum atomic E-state index is 14.2. The average molecular weight is 522 g/mol. The Morgan fingerprint density at radius 1 is 0.892 bits per heavy atom. The topological polar surface area (TPSA) is 43.9 Å². The van der Waals surface area contributed by atoms with Crippen LogP contribution in [0.5, 0.6) is 0 Å². The number of thiophene rings is 1. The van der Waals surface area contributed by atoms with Crippen LogP contribution < -0.4 is 0 Å². The van der Waals surface area contributed by atoms with Gasteiger partial charge in [-0.25, -0.2) is 0 Å². The van der Waals surface area contributed by atoms with Crippen molar-refractivity contribution in [1.82, 2.24) is 14.7 Å². The van der Waals surface area contributed by atoms with Crippen LogP contribution >= 0.6 is 11.3 Å². The lowest BCUT2D eigenvalue weighted by Crippen LogP contribution is -2.71. The molecule has 37 heavy (non-hydrogen) atoms. The van der Waals surface area contributed by atoms with Crippen molar-refractivity contribution in [3.63, 3.8) is 0 Å². The van der Waals surface area contributed by atoms with Gasteiger partial charge in [0.1, 0.15) is 12.1 Å². The zero-order valence-corrected chi connectivity index (χ0v) is 23.3. The van der Waals surface area contributed by atoms with E-state index in [0.717, 1.165) is 38.8 Å². The predicted molar refractivity (Wildman–Crippen MR) is 151 cm³/mol. The van der Waals surface area contributed by atoms with Gasteiger partial charge in [0, 0.05) is 41.8 Å². The van der Waals surface area contributed by atoms with Crippen molar-refractivity contribution < 1.29 is 9.59 Å². The van der Waals surface area contributed by atoms with Gasteiger partial charge in [-0.2, -0.15) is 0 Å². The second-order valence-electron chi connectivity index (χ2n) is 11.9. The summed E-state index contributed by atoms with van der Waals surface area (Å²) in [4.78, 5) is 36.3. The number of aryl methyl sites for hydroxylation is 1. The first-order chi connectivity index (χ1) is 18.1. The Bertz CT molecular complexity index is 1120. The Morgan fingerprint density at radius 2 is 1.62 bits per heavy atom. The van der Waals surface area contributed by atoms with E-state index in [-0.39, 0.29) is 29.9 Å². The van der Waals surface area contributed by atoms with Gasteiger partial charge in [0.15, 0.2) is 0 Å². The highest BCUT2D eigenvalue weighted by atomic mass is 32.1. The van der Waals surface area contributed by atoms with E-state index >= 15 is 0 Å². The minimum absolute atomic E-state index is 0.228. The predicted octanol–water partition coefficient (Wildman–Crippen LogP) is 5.99. The summed E-state index contributed by atoms with van der Waals surface area (Å²) < 4.78 is 1.35. The molecule has 3 heterocycles. The first-order valence-corrected chi connectivity index (χ1v) is 15.8. The lowest BCUT2D eigenvalue weighted by atomic mass is 9.82. The van der Waals surface area contributed by atoms with Crippen LogP contribution in [0.3, 0.4) is 0 Å². The number of benzene rings is 1. The molecule has 4 fully saturated rings. The second-order valence-corrected chi connectivity index (χ2v) is 13.1. The minimum atomic E-state index is -0.319. The van der Waals surface area contributed by atoms with Crippen molar-refractivity contribution in [1.29, 1.82) is 0 Å². The molecule has 0 bridgehead atoms. The summed E-state index contributed by atoms with van der Waals surface area (Å²) in [6, 6.07) is 8.42. The Labute approximate surface area is 226 Å². The average Bonchev–Trinajstić information content (AvgIpc) is 3.30. The molecule has 200 valence electrons. The molecule has 0 radical (unpaired) electrons. The van der Waals surface area contributed by atoms with E-state index in [1.807, 2.05) is 16.2 Å². The zero-order valence-electron chi connectivity index (χ0n) is 22.5. The third-order valence-electron chi connectivity index (χ3n) is 9.64. The molecule has 2 unspecified atom stereocenters. The van der Waals surface area contributed by atoms with Crippen molar-refractivity contribution in [3.8, 4) is 0 Å². The van der Waals surface area contributed by atoms with Crippen LogP contribution in [0, 0.1) is 5.92 Å². The molecule has 2 aromatic rings. The van der Waals surface area contributed by atoms with Crippen molar-refractivity contribution in [2.75, 3.05) is 19.6 Å². The van der Waals surface area contributed by atoms with Gasteiger partial charge < -0.3 is 9.80 Å². The number of piperazine rings is 2. The Kier molecular flexibility index (Phi) is 7.58. The largest absolute Gasteiger partial charge is 0.326 e. The number of amides is 2. The van der Waals surface area contributed by atoms with Gasteiger partial charge in [-0.1, -0.05) is 76.5 Å². The first-order valence-electron chi connectivity index (χ1n) is 15.0. The SMILES string of the molecule is CCc1sc2ccccc2c1CN1CCN2C(=O)C(CC3CCCCC3)N(C3CCCCC3)C(=O)C2C1. The molecule has 0 N–H and O–H groups in total. The van der Waals surface area contributed by atoms with Crippen molar-refractivity contribution in [3.05, 3.63) is 34.7 Å². The van der Waals surface area contributed by atoms with Gasteiger partial charge in [-0.05, 0) is 48.6 Å². The van der Waals surface area contributed by atoms with Crippen LogP contribution in [0.2, 0.25) is 0 Å². The summed E-state index contributed by atoms with van der Waals surface area (Å²) in [5, 5.41) is 1.36. The minimum Gasteiger partial charge on any atom is -0.326 e. The quantitative estimate of drug-likeness (QED) is 0.469. The molecular formula is C31H43N3O2S. The lowest BCUT2D eigenvalue weighted by Gasteiger charge is -2.52. The molecule has 2 aliphatic carbocycles. The fourth-order valence-corrected chi connectivity index (χ4v) is 8.83. The molecule has 2 aliphatic heterocycles. The number of nitrogens with zero attached hydrogens (tertiary/aromatic N) is 3. The maximum absolute atomic E-state index is 14.2. The fraction of sp³-hybridized carbons (Fsp3) is 0.677. The Morgan fingerprint density at radius 3 is 2.38 bits per heavy atom. The van der Waals surface area contributed by atoms with Crippen LogP contribution in [0.1, 0.15) is 88.0 Å². The third kappa shape index (κ3) is 4.96. The summed E-state index contributed by atoms with van der Waals surface area (Å²) in [7, 11) is 0. The molecule has 1 aromatic carbocycles. The van der Waals surface area contributed by atoms with E-state index in [0.29, 0.717) is 19.0 Å². The van der Waals surface area contributed by atoms with E-state index in [1.54, 1.807) is 0 Å². The molecule has 2 amide bonds. The molecule has 5 nitrogen and oxygen atoms in total. The molecule has 2 atom stereocenters. The number of hydrogen-bond donors (Lipinski definition) is 0. The third-order valence-corrected chi connectivity index (χ3v) is 11.0. The van der Waals surface area contributed by atoms with Gasteiger partial charge in [0.2, 0.25) is 11.8 Å². The normalized spacial score (nSPS) is 26.7. The van der Waals surface area contributed by atoms with E-state index in [2.05, 4.69) is 41.0 Å². The van der Waals surface area contributed by atoms with Crippen molar-refractivity contribution >= 4 is 33.2 Å². The highest BCUT2D eigenvalue weighted by Crippen LogP contribution is 2.37. The van der Waals surface area contributed by atoms with E-state index < -0.39 is 0 Å². The van der Waals surface area contributed by atoms with E-state index in [1.165, 1.54) is 71.9 Å². The van der Waals surface area contributed by atoms with Crippen molar-refractivity contribution in [2.24, 2.45) is 5.92 Å². The summed E-state index contributed by atoms with van der Waals surface area (Å²) in [6.07, 6.45) is 14.0. The van der Waals surface area contributed by atoms with Crippen LogP contribution in [-0.4, -0.2) is 64.3 Å². The van der Waals surface area contributed by atoms with Gasteiger partial charge >= 0.3 is 0 Å². The smallest absolute Gasteiger partial charge is 0.247 e. The van der Waals surface area contributed by atoms with Crippen molar-refractivity contribution in [2.45, 2.75) is 109 Å². The van der Waals surface area contributed by atoms with Gasteiger partial charge in [0.05, 0.1) is 0 Å². The second kappa shape index (κ2) is 11.1. The first kappa shape index (κ1) is 25.4. The Hall–Kier alpha value is -1.92. The Balaban J connectivity index is 1.24. The number of carbonyl (C=O) groups is 2. The molecule has 1 aromatic heterocycles. The molecule has 6 rings (SSSR count). The summed E-state index contributed by atoms with van der Waals surface area (Å²) in [5.74, 6) is 1.08. The van der Waals surface area contributed by atoms with E-state index in [4.69, 9.17) is 0 Å². The van der Waals surface area contributed by atoms with Crippen LogP contribution in [0.15, 0.2) is 24.3 Å². The highest BCUT2D eigenvalue weighted by Gasteiger charge is 2.50. The summed E-state index contributed by atoms with van der Waals surface area (Å²) >= 11 is 1.91. The van der Waals surface area contributed by atoms with Gasteiger partial charge in [0.25, 0.3) is 0 Å². The number of rotatable bonds is 6. The summed E-state index contributed by atoms with van der Waals surface area (Å²) in [5.41, 5.74) is 1.42. The lowest BCUT2D eigenvalue weighted by molar-refractivity contribution is -0.170. The number of fused-ring (bicyclic) bond motifs is 2. The van der Waals surface area contributed by atoms with Crippen LogP contribution in [0.25, 0.3) is 10.1 Å². The molecule has 2 saturated carbocycles. The molecule has 4 aliphatic rings. The highest BCUT2D eigenvalue weighted by molar-refractivity contribution is 7.19. The number of hydrogen-bond acceptors (Lipinski definition) is 4. The van der Waals surface area contributed by atoms with E-state index in [9.17, 15) is 9.59 Å². The standard InChI is InChI=1S/C31H43N3O2S/c1-2-28-25(24-15-9-10-16-29(24)37-28)20-32-17-18-33-27(21-32)31(36)34(23-13-7-4-8-14-23)26(30(33)35)19-22-11-5-3-6-12-22/h9-10,15-16,22-23,26-27H,2-8,11-14,17-21H2,1H3. The number of carbonyl (C=O) groups excluding carboxylic acids is 2. The summed E-state index contributed by atoms with van der Waals surface area (Å²) in [6.45, 7) is 5.30. The van der Waals surface area contributed by atoms with Crippen LogP contribution in [-0.2, 0) is 22.6 Å². The van der Waals surface area contributed by atoms with Gasteiger partial charge in [-0.15, -0.1) is 11.3 Å². The maximum Gasteiger partial charge on any atom is 0.247 e. The zero-order chi connectivity index (χ0) is 25.4.